The van der Waals surface area contributed by atoms with Crippen molar-refractivity contribution in [1.82, 2.24) is 0 Å². The van der Waals surface area contributed by atoms with Crippen molar-refractivity contribution < 1.29 is 14.2 Å². The van der Waals surface area contributed by atoms with Crippen LogP contribution in [0.4, 0.5) is 5.69 Å². The predicted octanol–water partition coefficient (Wildman–Crippen LogP) is 3.10. The lowest BCUT2D eigenvalue weighted by Gasteiger charge is -2.15. The Morgan fingerprint density at radius 2 is 1.65 bits per heavy atom. The van der Waals surface area contributed by atoms with Crippen molar-refractivity contribution in [2.75, 3.05) is 33.2 Å². The summed E-state index contributed by atoms with van der Waals surface area (Å²) in [7, 11) is 4.83. The normalized spacial score (nSPS) is 15.1. The number of anilines is 1. The van der Waals surface area contributed by atoms with Crippen molar-refractivity contribution in [3.63, 3.8) is 0 Å². The summed E-state index contributed by atoms with van der Waals surface area (Å²) >= 11 is 0. The Morgan fingerprint density at radius 1 is 0.950 bits per heavy atom. The number of hydrogen-bond donors (Lipinski definition) is 1. The average molecular weight is 278 g/mol. The monoisotopic (exact) mass is 278 g/mol. The van der Waals surface area contributed by atoms with E-state index >= 15 is 0 Å². The lowest BCUT2D eigenvalue weighted by molar-refractivity contribution is 0.324. The second-order valence-electron chi connectivity index (χ2n) is 4.68. The molecule has 1 heterocycles. The first-order valence-corrected chi connectivity index (χ1v) is 6.89. The van der Waals surface area contributed by atoms with Crippen LogP contribution >= 0.6 is 0 Å². The van der Waals surface area contributed by atoms with Crippen molar-refractivity contribution >= 4 is 11.5 Å². The predicted molar refractivity (Wildman–Crippen MR) is 80.5 cm³/mol. The molecule has 5 heteroatoms. The van der Waals surface area contributed by atoms with Crippen LogP contribution in [-0.4, -0.2) is 33.7 Å². The lowest BCUT2D eigenvalue weighted by Crippen LogP contribution is -2.12. The van der Waals surface area contributed by atoms with Gasteiger partial charge in [-0.15, -0.1) is 0 Å². The zero-order valence-corrected chi connectivity index (χ0v) is 12.4. The van der Waals surface area contributed by atoms with Gasteiger partial charge in [-0.2, -0.15) is 0 Å². The minimum Gasteiger partial charge on any atom is -0.493 e. The van der Waals surface area contributed by atoms with E-state index in [4.69, 9.17) is 14.2 Å². The van der Waals surface area contributed by atoms with E-state index in [-0.39, 0.29) is 0 Å². The molecule has 20 heavy (non-hydrogen) atoms. The summed E-state index contributed by atoms with van der Waals surface area (Å²) in [6.07, 6.45) is 4.57. The first-order valence-electron chi connectivity index (χ1n) is 6.89. The Hall–Kier alpha value is -1.91. The molecule has 0 amide bonds. The molecule has 1 aromatic rings. The summed E-state index contributed by atoms with van der Waals surface area (Å²) in [5.74, 6) is 2.91. The molecular weight excluding hydrogens is 256 g/mol. The van der Waals surface area contributed by atoms with Crippen LogP contribution in [0.5, 0.6) is 17.2 Å². The quantitative estimate of drug-likeness (QED) is 0.919. The van der Waals surface area contributed by atoms with Crippen molar-refractivity contribution in [2.24, 2.45) is 4.99 Å². The summed E-state index contributed by atoms with van der Waals surface area (Å²) in [6.45, 7) is 0.896. The average Bonchev–Trinajstić information content (AvgIpc) is 2.74. The zero-order valence-electron chi connectivity index (χ0n) is 12.4. The van der Waals surface area contributed by atoms with Gasteiger partial charge in [0.15, 0.2) is 11.5 Å². The highest BCUT2D eigenvalue weighted by Gasteiger charge is 2.14. The number of nitrogens with one attached hydrogen (secondary N) is 1. The first kappa shape index (κ1) is 14.5. The van der Waals surface area contributed by atoms with Gasteiger partial charge in [0, 0.05) is 30.8 Å². The molecule has 0 atom stereocenters. The van der Waals surface area contributed by atoms with Crippen LogP contribution in [0.25, 0.3) is 0 Å². The minimum atomic E-state index is 0.600. The number of hydrogen-bond acceptors (Lipinski definition) is 5. The fourth-order valence-electron chi connectivity index (χ4n) is 2.30. The highest BCUT2D eigenvalue weighted by atomic mass is 16.5. The third-order valence-electron chi connectivity index (χ3n) is 3.33. The fraction of sp³-hybridized carbons (Fsp3) is 0.533. The lowest BCUT2D eigenvalue weighted by atomic mass is 10.2. The Bertz CT molecular complexity index is 461. The van der Waals surface area contributed by atoms with E-state index in [2.05, 4.69) is 10.3 Å². The largest absolute Gasteiger partial charge is 0.493 e. The van der Waals surface area contributed by atoms with Gasteiger partial charge in [0.2, 0.25) is 5.75 Å². The molecule has 0 aliphatic carbocycles. The highest BCUT2D eigenvalue weighted by molar-refractivity contribution is 5.96. The molecule has 0 unspecified atom stereocenters. The van der Waals surface area contributed by atoms with E-state index in [1.54, 1.807) is 21.3 Å². The standard InChI is InChI=1S/C15H22N2O3/c1-18-12-9-11(10-13(19-2)15(12)20-3)17-14-7-5-4-6-8-16-14/h9-10H,4-8H2,1-3H3,(H,16,17). The molecule has 110 valence electrons. The molecule has 1 aliphatic rings. The number of nitrogens with zero attached hydrogens (tertiary/aromatic N) is 1. The number of methoxy groups -OCH3 is 3. The summed E-state index contributed by atoms with van der Waals surface area (Å²) in [4.78, 5) is 4.56. The van der Waals surface area contributed by atoms with Gasteiger partial charge >= 0.3 is 0 Å². The summed E-state index contributed by atoms with van der Waals surface area (Å²) < 4.78 is 16.0. The van der Waals surface area contributed by atoms with Crippen molar-refractivity contribution in [2.45, 2.75) is 25.7 Å². The maximum absolute atomic E-state index is 5.35. The highest BCUT2D eigenvalue weighted by Crippen LogP contribution is 2.40. The van der Waals surface area contributed by atoms with E-state index in [1.807, 2.05) is 12.1 Å². The summed E-state index contributed by atoms with van der Waals surface area (Å²) in [5.41, 5.74) is 0.903. The van der Waals surface area contributed by atoms with Crippen LogP contribution < -0.4 is 19.5 Å². The third kappa shape index (κ3) is 3.35. The van der Waals surface area contributed by atoms with Gasteiger partial charge in [0.1, 0.15) is 5.84 Å². The molecule has 1 aromatic carbocycles. The molecule has 0 aromatic heterocycles. The molecule has 1 aliphatic heterocycles. The van der Waals surface area contributed by atoms with Crippen LogP contribution in [0.1, 0.15) is 25.7 Å². The van der Waals surface area contributed by atoms with E-state index in [1.165, 1.54) is 19.3 Å². The molecule has 2 rings (SSSR count). The van der Waals surface area contributed by atoms with Crippen LogP contribution in [0, 0.1) is 0 Å². The SMILES string of the molecule is COc1cc(NC2=NCCCCC2)cc(OC)c1OC. The third-order valence-corrected chi connectivity index (χ3v) is 3.33. The number of benzene rings is 1. The van der Waals surface area contributed by atoms with Crippen LogP contribution in [0.15, 0.2) is 17.1 Å². The Kier molecular flexibility index (Phi) is 5.09. The van der Waals surface area contributed by atoms with Gasteiger partial charge in [-0.05, 0) is 12.8 Å². The number of rotatable bonds is 4. The van der Waals surface area contributed by atoms with Gasteiger partial charge < -0.3 is 19.5 Å². The van der Waals surface area contributed by atoms with Crippen LogP contribution in [-0.2, 0) is 0 Å². The first-order chi connectivity index (χ1) is 9.78. The molecule has 0 spiro atoms. The second-order valence-corrected chi connectivity index (χ2v) is 4.68. The van der Waals surface area contributed by atoms with Crippen LogP contribution in [0.2, 0.25) is 0 Å². The maximum atomic E-state index is 5.35. The summed E-state index contributed by atoms with van der Waals surface area (Å²) in [6, 6.07) is 3.80. The van der Waals surface area contributed by atoms with Gasteiger partial charge in [0.25, 0.3) is 0 Å². The van der Waals surface area contributed by atoms with E-state index in [9.17, 15) is 0 Å². The fourth-order valence-corrected chi connectivity index (χ4v) is 2.30. The second kappa shape index (κ2) is 7.03. The van der Waals surface area contributed by atoms with Gasteiger partial charge in [0.05, 0.1) is 21.3 Å². The molecular formula is C15H22N2O3. The topological polar surface area (TPSA) is 52.1 Å². The van der Waals surface area contributed by atoms with Crippen molar-refractivity contribution in [1.29, 1.82) is 0 Å². The van der Waals surface area contributed by atoms with Gasteiger partial charge in [-0.25, -0.2) is 0 Å². The zero-order chi connectivity index (χ0) is 14.4. The number of aliphatic imine (C=N–C) groups is 1. The van der Waals surface area contributed by atoms with E-state index < -0.39 is 0 Å². The molecule has 0 fully saturated rings. The molecule has 5 nitrogen and oxygen atoms in total. The Labute approximate surface area is 119 Å². The van der Waals surface area contributed by atoms with Gasteiger partial charge in [-0.3, -0.25) is 4.99 Å². The van der Waals surface area contributed by atoms with E-state index in [0.29, 0.717) is 17.2 Å². The molecule has 0 bridgehead atoms. The molecule has 0 saturated heterocycles. The van der Waals surface area contributed by atoms with Crippen molar-refractivity contribution in [3.05, 3.63) is 12.1 Å². The summed E-state index contributed by atoms with van der Waals surface area (Å²) in [5, 5.41) is 3.36. The van der Waals surface area contributed by atoms with Crippen molar-refractivity contribution in [3.8, 4) is 17.2 Å². The molecule has 1 N–H and O–H groups in total. The number of ether oxygens (including phenoxy) is 3. The van der Waals surface area contributed by atoms with Gasteiger partial charge in [-0.1, -0.05) is 6.42 Å². The number of amidine groups is 1. The van der Waals surface area contributed by atoms with Crippen LogP contribution in [0.3, 0.4) is 0 Å². The minimum absolute atomic E-state index is 0.600. The van der Waals surface area contributed by atoms with E-state index in [0.717, 1.165) is 24.5 Å². The maximum Gasteiger partial charge on any atom is 0.203 e. The smallest absolute Gasteiger partial charge is 0.203 e. The molecule has 0 saturated carbocycles. The Balaban J connectivity index is 2.25. The Morgan fingerprint density at radius 3 is 2.25 bits per heavy atom. The molecule has 0 radical (unpaired) electrons.